The molecular formula is C27H46O3. The Morgan fingerprint density at radius 1 is 1.20 bits per heavy atom. The van der Waals surface area contributed by atoms with Gasteiger partial charge in [0.25, 0.3) is 0 Å². The summed E-state index contributed by atoms with van der Waals surface area (Å²) in [6.45, 7) is 13.1. The Bertz CT molecular complexity index is 654. The summed E-state index contributed by atoms with van der Waals surface area (Å²) in [7, 11) is 0. The number of fused-ring (bicyclic) bond motifs is 1. The highest BCUT2D eigenvalue weighted by atomic mass is 16.3. The second-order valence-corrected chi connectivity index (χ2v) is 11.2. The lowest BCUT2D eigenvalue weighted by Gasteiger charge is -2.44. The number of hydrogen-bond acceptors (Lipinski definition) is 2. The lowest BCUT2D eigenvalue weighted by molar-refractivity contribution is 0.0596. The molecule has 0 aromatic rings. The number of rotatable bonds is 6. The molecule has 3 rings (SSSR count). The average Bonchev–Trinajstić information content (AvgIpc) is 2.99. The van der Waals surface area contributed by atoms with Gasteiger partial charge >= 0.3 is 0 Å². The zero-order valence-electron chi connectivity index (χ0n) is 19.8. The maximum atomic E-state index is 10.0. The average molecular weight is 419 g/mol. The van der Waals surface area contributed by atoms with Crippen LogP contribution in [0.15, 0.2) is 35.5 Å². The largest absolute Gasteiger partial charge is 0.412 e. The minimum absolute atomic E-state index is 0. The van der Waals surface area contributed by atoms with Crippen molar-refractivity contribution >= 4 is 0 Å². The maximum Gasteiger partial charge on any atom is 0.0591 e. The first-order valence-corrected chi connectivity index (χ1v) is 12.1. The van der Waals surface area contributed by atoms with E-state index in [1.165, 1.54) is 49.7 Å². The third kappa shape index (κ3) is 5.87. The molecule has 0 aliphatic heterocycles. The van der Waals surface area contributed by atoms with Crippen molar-refractivity contribution in [2.75, 3.05) is 0 Å². The summed E-state index contributed by atoms with van der Waals surface area (Å²) in [6, 6.07) is 0. The van der Waals surface area contributed by atoms with E-state index in [1.54, 1.807) is 5.57 Å². The summed E-state index contributed by atoms with van der Waals surface area (Å²) in [5, 5.41) is 20.1. The Hall–Kier alpha value is -0.900. The molecule has 0 aromatic heterocycles. The van der Waals surface area contributed by atoms with Gasteiger partial charge in [-0.2, -0.15) is 0 Å². The second-order valence-electron chi connectivity index (χ2n) is 11.2. The van der Waals surface area contributed by atoms with Crippen molar-refractivity contribution in [3.63, 3.8) is 0 Å². The molecule has 30 heavy (non-hydrogen) atoms. The van der Waals surface area contributed by atoms with Crippen LogP contribution in [0.5, 0.6) is 0 Å². The molecule has 0 spiro atoms. The van der Waals surface area contributed by atoms with Crippen LogP contribution >= 0.6 is 0 Å². The van der Waals surface area contributed by atoms with Crippen LogP contribution < -0.4 is 0 Å². The molecule has 0 radical (unpaired) electrons. The smallest absolute Gasteiger partial charge is 0.0591 e. The van der Waals surface area contributed by atoms with Gasteiger partial charge in [0, 0.05) is 0 Å². The van der Waals surface area contributed by atoms with Gasteiger partial charge in [0.1, 0.15) is 0 Å². The van der Waals surface area contributed by atoms with Crippen LogP contribution in [0.1, 0.15) is 98.3 Å². The lowest BCUT2D eigenvalue weighted by Crippen LogP contribution is -2.36. The third-order valence-electron chi connectivity index (χ3n) is 8.36. The topological polar surface area (TPSA) is 72.0 Å². The molecular weight excluding hydrogens is 372 g/mol. The number of allylic oxidation sites excluding steroid dienone is 4. The zero-order valence-corrected chi connectivity index (χ0v) is 19.8. The van der Waals surface area contributed by atoms with Crippen LogP contribution in [0.4, 0.5) is 0 Å². The molecule has 0 aromatic carbocycles. The fraction of sp³-hybridized carbons (Fsp3) is 0.778. The van der Waals surface area contributed by atoms with Crippen molar-refractivity contribution in [3.8, 4) is 0 Å². The highest BCUT2D eigenvalue weighted by molar-refractivity contribution is 5.36. The van der Waals surface area contributed by atoms with E-state index in [0.29, 0.717) is 5.41 Å². The van der Waals surface area contributed by atoms with Crippen molar-refractivity contribution in [2.45, 2.75) is 110 Å². The summed E-state index contributed by atoms with van der Waals surface area (Å²) in [5.74, 6) is 2.26. The standard InChI is InChI=1S/C27H44O2.H2O/c1-19-10-13-23(28)18-22(19)12-11-21-9-7-17-27(5)24(14-15-25(21)27)20(2)8-6-16-26(3,4)29;/h11-12,20,23-25,28-29H,1,6-10,13-18H2,2-5H3;1H2/b21-11-,22-12-;/t20-,23+,24-,25?,27?;/m1./s1. The second kappa shape index (κ2) is 10.1. The summed E-state index contributed by atoms with van der Waals surface area (Å²) >= 11 is 0. The normalized spacial score (nSPS) is 35.9. The molecule has 172 valence electrons. The van der Waals surface area contributed by atoms with Crippen LogP contribution in [-0.4, -0.2) is 27.4 Å². The van der Waals surface area contributed by atoms with Crippen molar-refractivity contribution in [1.82, 2.24) is 0 Å². The van der Waals surface area contributed by atoms with Gasteiger partial charge in [-0.25, -0.2) is 0 Å². The van der Waals surface area contributed by atoms with E-state index >= 15 is 0 Å². The quantitative estimate of drug-likeness (QED) is 0.563. The molecule has 0 saturated heterocycles. The minimum Gasteiger partial charge on any atom is -0.412 e. The molecule has 3 aliphatic carbocycles. The van der Waals surface area contributed by atoms with Crippen LogP contribution in [-0.2, 0) is 0 Å². The van der Waals surface area contributed by atoms with Crippen LogP contribution in [0.2, 0.25) is 0 Å². The summed E-state index contributed by atoms with van der Waals surface area (Å²) in [5.41, 5.74) is 4.02. The monoisotopic (exact) mass is 418 g/mol. The van der Waals surface area contributed by atoms with E-state index in [2.05, 4.69) is 32.6 Å². The fourth-order valence-corrected chi connectivity index (χ4v) is 6.67. The Labute approximate surface area is 184 Å². The fourth-order valence-electron chi connectivity index (χ4n) is 6.67. The molecule has 0 heterocycles. The molecule has 3 nitrogen and oxygen atoms in total. The van der Waals surface area contributed by atoms with Crippen molar-refractivity contribution in [1.29, 1.82) is 0 Å². The van der Waals surface area contributed by atoms with E-state index in [1.807, 2.05) is 13.8 Å². The van der Waals surface area contributed by atoms with Crippen LogP contribution in [0.25, 0.3) is 0 Å². The van der Waals surface area contributed by atoms with Crippen molar-refractivity contribution in [3.05, 3.63) is 35.5 Å². The third-order valence-corrected chi connectivity index (χ3v) is 8.36. The molecule has 3 heteroatoms. The van der Waals surface area contributed by atoms with E-state index in [0.717, 1.165) is 49.9 Å². The van der Waals surface area contributed by atoms with Gasteiger partial charge in [0.15, 0.2) is 0 Å². The molecule has 4 N–H and O–H groups in total. The van der Waals surface area contributed by atoms with Crippen molar-refractivity contribution < 1.29 is 15.7 Å². The molecule has 3 aliphatic rings. The Kier molecular flexibility index (Phi) is 8.58. The predicted molar refractivity (Wildman–Crippen MR) is 126 cm³/mol. The van der Waals surface area contributed by atoms with E-state index in [9.17, 15) is 10.2 Å². The Morgan fingerprint density at radius 2 is 1.93 bits per heavy atom. The van der Waals surface area contributed by atoms with Gasteiger partial charge < -0.3 is 15.7 Å². The van der Waals surface area contributed by atoms with Gasteiger partial charge in [-0.15, -0.1) is 0 Å². The summed E-state index contributed by atoms with van der Waals surface area (Å²) < 4.78 is 0. The predicted octanol–water partition coefficient (Wildman–Crippen LogP) is 5.91. The van der Waals surface area contributed by atoms with Crippen LogP contribution in [0, 0.1) is 23.2 Å². The molecule has 0 amide bonds. The van der Waals surface area contributed by atoms with E-state index < -0.39 is 5.60 Å². The highest BCUT2D eigenvalue weighted by Crippen LogP contribution is 2.60. The number of aliphatic hydroxyl groups is 2. The zero-order chi connectivity index (χ0) is 21.2. The summed E-state index contributed by atoms with van der Waals surface area (Å²) in [4.78, 5) is 0. The maximum absolute atomic E-state index is 10.0. The first-order chi connectivity index (χ1) is 13.6. The van der Waals surface area contributed by atoms with Gasteiger partial charge in [0.05, 0.1) is 11.7 Å². The van der Waals surface area contributed by atoms with Crippen LogP contribution in [0.3, 0.4) is 0 Å². The number of aliphatic hydroxyl groups excluding tert-OH is 1. The molecule has 0 bridgehead atoms. The molecule has 2 unspecified atom stereocenters. The Morgan fingerprint density at radius 3 is 2.63 bits per heavy atom. The lowest BCUT2D eigenvalue weighted by atomic mass is 9.60. The van der Waals surface area contributed by atoms with E-state index in [-0.39, 0.29) is 11.6 Å². The number of hydrogen-bond donors (Lipinski definition) is 2. The van der Waals surface area contributed by atoms with Gasteiger partial charge in [-0.05, 0) is 100 Å². The summed E-state index contributed by atoms with van der Waals surface area (Å²) in [6.07, 6.45) is 16.9. The SMILES string of the molecule is C=C1CC[C@H](O)C/C1=C/C=C1/CCCC2(C)C1CC[C@@H]2[C@H](C)CCCC(C)(C)O.O. The first-order valence-electron chi connectivity index (χ1n) is 12.1. The van der Waals surface area contributed by atoms with E-state index in [4.69, 9.17) is 0 Å². The first kappa shape index (κ1) is 25.4. The van der Waals surface area contributed by atoms with Gasteiger partial charge in [-0.3, -0.25) is 0 Å². The highest BCUT2D eigenvalue weighted by Gasteiger charge is 2.50. The minimum atomic E-state index is -0.535. The van der Waals surface area contributed by atoms with Gasteiger partial charge in [-0.1, -0.05) is 56.6 Å². The Balaban J connectivity index is 0.00000320. The molecule has 5 atom stereocenters. The molecule has 3 saturated carbocycles. The van der Waals surface area contributed by atoms with Crippen molar-refractivity contribution in [2.24, 2.45) is 23.2 Å². The molecule has 3 fully saturated rings. The van der Waals surface area contributed by atoms with Gasteiger partial charge in [0.2, 0.25) is 0 Å².